The second kappa shape index (κ2) is 9.56. The van der Waals surface area contributed by atoms with Crippen LogP contribution in [0.1, 0.15) is 41.2 Å². The summed E-state index contributed by atoms with van der Waals surface area (Å²) in [6, 6.07) is 7.27. The average molecular weight is 416 g/mol. The van der Waals surface area contributed by atoms with Crippen LogP contribution in [0.3, 0.4) is 0 Å². The van der Waals surface area contributed by atoms with Gasteiger partial charge >= 0.3 is 0 Å². The zero-order valence-corrected chi connectivity index (χ0v) is 17.6. The summed E-state index contributed by atoms with van der Waals surface area (Å²) in [5, 5.41) is 3.25. The summed E-state index contributed by atoms with van der Waals surface area (Å²) >= 11 is 5.58. The zero-order valence-electron chi connectivity index (χ0n) is 16.8. The van der Waals surface area contributed by atoms with Crippen LogP contribution >= 0.6 is 12.2 Å². The molecule has 1 fully saturated rings. The van der Waals surface area contributed by atoms with Crippen molar-refractivity contribution in [2.75, 3.05) is 27.9 Å². The number of amides is 1. The number of hydrogen-bond donors (Lipinski definition) is 1. The van der Waals surface area contributed by atoms with Crippen LogP contribution in [0.15, 0.2) is 36.7 Å². The predicted octanol–water partition coefficient (Wildman–Crippen LogP) is 3.35. The van der Waals surface area contributed by atoms with Crippen molar-refractivity contribution in [3.8, 4) is 17.2 Å². The van der Waals surface area contributed by atoms with Gasteiger partial charge in [0.25, 0.3) is 5.91 Å². The first-order chi connectivity index (χ1) is 14.1. The van der Waals surface area contributed by atoms with Gasteiger partial charge in [-0.1, -0.05) is 6.07 Å². The molecule has 0 radical (unpaired) electrons. The number of aromatic nitrogens is 1. The molecule has 0 spiro atoms. The summed E-state index contributed by atoms with van der Waals surface area (Å²) < 4.78 is 16.0. The van der Waals surface area contributed by atoms with Crippen LogP contribution in [-0.4, -0.2) is 48.8 Å². The zero-order chi connectivity index (χ0) is 20.8. The van der Waals surface area contributed by atoms with E-state index in [0.29, 0.717) is 27.9 Å². The van der Waals surface area contributed by atoms with Gasteiger partial charge in [0.15, 0.2) is 16.6 Å². The van der Waals surface area contributed by atoms with Gasteiger partial charge in [-0.25, -0.2) is 0 Å². The Hall–Kier alpha value is -2.87. The Balaban J connectivity index is 1.80. The van der Waals surface area contributed by atoms with Gasteiger partial charge in [0, 0.05) is 24.5 Å². The highest BCUT2D eigenvalue weighted by atomic mass is 32.1. The third-order valence-corrected chi connectivity index (χ3v) is 5.32. The minimum atomic E-state index is -0.329. The van der Waals surface area contributed by atoms with Gasteiger partial charge in [-0.05, 0) is 55.2 Å². The third-order valence-electron chi connectivity index (χ3n) is 4.98. The fourth-order valence-corrected chi connectivity index (χ4v) is 3.86. The number of pyridine rings is 1. The van der Waals surface area contributed by atoms with E-state index >= 15 is 0 Å². The number of rotatable bonds is 5. The normalized spacial score (nSPS) is 16.1. The van der Waals surface area contributed by atoms with E-state index in [1.165, 1.54) is 21.3 Å². The van der Waals surface area contributed by atoms with Crippen molar-refractivity contribution in [2.45, 2.75) is 25.3 Å². The minimum absolute atomic E-state index is 0.102. The summed E-state index contributed by atoms with van der Waals surface area (Å²) in [6.45, 7) is 0.786. The maximum absolute atomic E-state index is 12.9. The molecule has 1 amide bonds. The van der Waals surface area contributed by atoms with E-state index in [1.54, 1.807) is 18.3 Å². The number of carbonyl (C=O) groups is 1. The molecule has 8 heteroatoms. The molecule has 0 unspecified atom stereocenters. The molecule has 154 valence electrons. The largest absolute Gasteiger partial charge is 0.493 e. The molecular weight excluding hydrogens is 390 g/mol. The van der Waals surface area contributed by atoms with E-state index in [2.05, 4.69) is 15.2 Å². The number of nitrogens with zero attached hydrogens (tertiary/aromatic N) is 2. The Bertz CT molecular complexity index is 850. The molecule has 29 heavy (non-hydrogen) atoms. The standard InChI is InChI=1S/C21H25N3O4S/c1-26-17-11-15(12-18(27-2)19(17)28-3)20(25)23-21(29)24-10-5-4-8-16(24)14-7-6-9-22-13-14/h6-7,9,11-13,16H,4-5,8,10H2,1-3H3,(H,23,25,29)/t16-/m1/s1. The van der Waals surface area contributed by atoms with Gasteiger partial charge in [-0.3, -0.25) is 15.1 Å². The first kappa shape index (κ1) is 20.9. The molecule has 1 atom stereocenters. The van der Waals surface area contributed by atoms with E-state index in [0.717, 1.165) is 31.4 Å². The lowest BCUT2D eigenvalue weighted by molar-refractivity contribution is 0.0968. The van der Waals surface area contributed by atoms with Gasteiger partial charge < -0.3 is 19.1 Å². The van der Waals surface area contributed by atoms with E-state index in [9.17, 15) is 4.79 Å². The SMILES string of the molecule is COc1cc(C(=O)NC(=S)N2CCCC[C@@H]2c2cccnc2)cc(OC)c1OC. The number of thiocarbonyl (C=S) groups is 1. The lowest BCUT2D eigenvalue weighted by Gasteiger charge is -2.37. The van der Waals surface area contributed by atoms with Gasteiger partial charge in [0.05, 0.1) is 27.4 Å². The van der Waals surface area contributed by atoms with Crippen molar-refractivity contribution in [1.82, 2.24) is 15.2 Å². The Morgan fingerprint density at radius 3 is 2.48 bits per heavy atom. The highest BCUT2D eigenvalue weighted by Gasteiger charge is 2.27. The second-order valence-corrected chi connectivity index (χ2v) is 7.05. The van der Waals surface area contributed by atoms with Gasteiger partial charge in [-0.2, -0.15) is 0 Å². The molecule has 1 N–H and O–H groups in total. The van der Waals surface area contributed by atoms with Crippen molar-refractivity contribution >= 4 is 23.2 Å². The molecule has 1 aromatic carbocycles. The van der Waals surface area contributed by atoms with E-state index < -0.39 is 0 Å². The molecular formula is C21H25N3O4S. The Kier molecular flexibility index (Phi) is 6.87. The topological polar surface area (TPSA) is 72.9 Å². The van der Waals surface area contributed by atoms with Crippen LogP contribution in [-0.2, 0) is 0 Å². The van der Waals surface area contributed by atoms with Crippen molar-refractivity contribution in [1.29, 1.82) is 0 Å². The average Bonchev–Trinajstić information content (AvgIpc) is 2.78. The fraction of sp³-hybridized carbons (Fsp3) is 0.381. The van der Waals surface area contributed by atoms with E-state index in [-0.39, 0.29) is 11.9 Å². The molecule has 7 nitrogen and oxygen atoms in total. The van der Waals surface area contributed by atoms with Crippen LogP contribution in [0.25, 0.3) is 0 Å². The minimum Gasteiger partial charge on any atom is -0.493 e. The summed E-state index contributed by atoms with van der Waals surface area (Å²) in [5.74, 6) is 0.926. The molecule has 2 aromatic rings. The van der Waals surface area contributed by atoms with E-state index in [1.807, 2.05) is 18.3 Å². The van der Waals surface area contributed by atoms with Gasteiger partial charge in [0.2, 0.25) is 5.75 Å². The van der Waals surface area contributed by atoms with Crippen LogP contribution in [0.5, 0.6) is 17.2 Å². The number of likely N-dealkylation sites (tertiary alicyclic amines) is 1. The molecule has 3 rings (SSSR count). The predicted molar refractivity (Wildman–Crippen MR) is 114 cm³/mol. The molecule has 0 bridgehead atoms. The first-order valence-electron chi connectivity index (χ1n) is 9.41. The smallest absolute Gasteiger partial charge is 0.257 e. The van der Waals surface area contributed by atoms with Gasteiger partial charge in [0.1, 0.15) is 0 Å². The molecule has 0 aliphatic carbocycles. The molecule has 0 saturated carbocycles. The van der Waals surface area contributed by atoms with Crippen molar-refractivity contribution < 1.29 is 19.0 Å². The number of carbonyl (C=O) groups excluding carboxylic acids is 1. The van der Waals surface area contributed by atoms with Gasteiger partial charge in [-0.15, -0.1) is 0 Å². The van der Waals surface area contributed by atoms with Crippen LogP contribution in [0.4, 0.5) is 0 Å². The highest BCUT2D eigenvalue weighted by Crippen LogP contribution is 2.38. The summed E-state index contributed by atoms with van der Waals surface area (Å²) in [6.07, 6.45) is 6.70. The van der Waals surface area contributed by atoms with Crippen molar-refractivity contribution in [3.05, 3.63) is 47.8 Å². The maximum Gasteiger partial charge on any atom is 0.257 e. The Morgan fingerprint density at radius 2 is 1.90 bits per heavy atom. The van der Waals surface area contributed by atoms with Crippen LogP contribution < -0.4 is 19.5 Å². The number of methoxy groups -OCH3 is 3. The summed E-state index contributed by atoms with van der Waals surface area (Å²) in [4.78, 5) is 19.2. The third kappa shape index (κ3) is 4.59. The molecule has 2 heterocycles. The van der Waals surface area contributed by atoms with Crippen LogP contribution in [0.2, 0.25) is 0 Å². The maximum atomic E-state index is 12.9. The lowest BCUT2D eigenvalue weighted by Crippen LogP contribution is -2.46. The lowest BCUT2D eigenvalue weighted by atomic mass is 9.97. The Morgan fingerprint density at radius 1 is 1.17 bits per heavy atom. The second-order valence-electron chi connectivity index (χ2n) is 6.66. The molecule has 1 aromatic heterocycles. The van der Waals surface area contributed by atoms with E-state index in [4.69, 9.17) is 26.4 Å². The number of nitrogens with one attached hydrogen (secondary N) is 1. The van der Waals surface area contributed by atoms with Crippen molar-refractivity contribution in [3.63, 3.8) is 0 Å². The quantitative estimate of drug-likeness (QED) is 0.751. The molecule has 1 saturated heterocycles. The monoisotopic (exact) mass is 415 g/mol. The summed E-state index contributed by atoms with van der Waals surface area (Å²) in [5.41, 5.74) is 1.47. The van der Waals surface area contributed by atoms with Crippen molar-refractivity contribution in [2.24, 2.45) is 0 Å². The highest BCUT2D eigenvalue weighted by molar-refractivity contribution is 7.80. The first-order valence-corrected chi connectivity index (χ1v) is 9.81. The molecule has 1 aliphatic heterocycles. The fourth-order valence-electron chi connectivity index (χ4n) is 3.55. The number of hydrogen-bond acceptors (Lipinski definition) is 6. The number of ether oxygens (including phenoxy) is 3. The van der Waals surface area contributed by atoms with Crippen LogP contribution in [0, 0.1) is 0 Å². The Labute approximate surface area is 176 Å². The number of piperidine rings is 1. The summed E-state index contributed by atoms with van der Waals surface area (Å²) in [7, 11) is 4.54. The molecule has 1 aliphatic rings. The number of benzene rings is 1.